The van der Waals surface area contributed by atoms with Crippen molar-refractivity contribution in [2.75, 3.05) is 33.0 Å². The van der Waals surface area contributed by atoms with Crippen LogP contribution in [0.4, 0.5) is 14.9 Å². The molecule has 0 fully saturated rings. The lowest BCUT2D eigenvalue weighted by Gasteiger charge is -2.27. The minimum absolute atomic E-state index is 0.0791. The quantitative estimate of drug-likeness (QED) is 0.729. The molecule has 2 aromatic rings. The maximum atomic E-state index is 13.4. The van der Waals surface area contributed by atoms with Crippen LogP contribution in [0.2, 0.25) is 5.02 Å². The first kappa shape index (κ1) is 22.0. The number of hydrogen-bond donors (Lipinski definition) is 1. The summed E-state index contributed by atoms with van der Waals surface area (Å²) < 4.78 is 14.9. The van der Waals surface area contributed by atoms with Gasteiger partial charge in [-0.05, 0) is 18.2 Å². The molecule has 0 bridgehead atoms. The lowest BCUT2D eigenvalue weighted by Crippen LogP contribution is -2.41. The predicted octanol–water partition coefficient (Wildman–Crippen LogP) is 1.74. The van der Waals surface area contributed by atoms with Crippen LogP contribution in [0.15, 0.2) is 18.2 Å². The number of rotatable bonds is 2. The number of hydroxylamine groups is 2. The van der Waals surface area contributed by atoms with Gasteiger partial charge in [-0.3, -0.25) is 19.1 Å². The fourth-order valence-electron chi connectivity index (χ4n) is 3.74. The molecule has 0 spiro atoms. The number of nitrogens with one attached hydrogen (secondary N) is 1. The summed E-state index contributed by atoms with van der Waals surface area (Å²) in [6.45, 7) is 0.609. The van der Waals surface area contributed by atoms with E-state index in [9.17, 15) is 18.8 Å². The number of urea groups is 1. The van der Waals surface area contributed by atoms with Crippen molar-refractivity contribution in [2.45, 2.75) is 25.6 Å². The molecule has 0 saturated carbocycles. The van der Waals surface area contributed by atoms with Crippen molar-refractivity contribution in [3.05, 3.63) is 46.0 Å². The standard InChI is InChI=1S/C20H22ClFN6O4/c1-25(2)18(29)16-10-28-17(19(30)26(3)32-16)12-9-27(7-6-15(12)24-28)20(31)23-11-4-5-14(22)13(21)8-11/h4-5,8,16H,6-7,9-10H2,1-3H3,(H,23,31). The highest BCUT2D eigenvalue weighted by Crippen LogP contribution is 2.27. The summed E-state index contributed by atoms with van der Waals surface area (Å²) in [6.07, 6.45) is -0.457. The van der Waals surface area contributed by atoms with Gasteiger partial charge in [0.15, 0.2) is 6.10 Å². The fourth-order valence-corrected chi connectivity index (χ4v) is 3.92. The maximum Gasteiger partial charge on any atom is 0.322 e. The van der Waals surface area contributed by atoms with Crippen molar-refractivity contribution in [3.63, 3.8) is 0 Å². The van der Waals surface area contributed by atoms with Crippen molar-refractivity contribution in [1.29, 1.82) is 0 Å². The average Bonchev–Trinajstić information content (AvgIpc) is 3.05. The van der Waals surface area contributed by atoms with E-state index in [0.29, 0.717) is 35.6 Å². The number of aromatic nitrogens is 2. The SMILES string of the molecule is CN(C)C(=O)C1Cn2nc3c(c2C(=O)N(C)O1)CN(C(=O)Nc1ccc(F)c(Cl)c1)CC3. The Hall–Kier alpha value is -3.18. The molecule has 1 atom stereocenters. The van der Waals surface area contributed by atoms with E-state index >= 15 is 0 Å². The van der Waals surface area contributed by atoms with Gasteiger partial charge in [-0.15, -0.1) is 0 Å². The summed E-state index contributed by atoms with van der Waals surface area (Å²) in [5, 5.41) is 8.15. The van der Waals surface area contributed by atoms with Crippen LogP contribution >= 0.6 is 11.6 Å². The highest BCUT2D eigenvalue weighted by atomic mass is 35.5. The van der Waals surface area contributed by atoms with Crippen molar-refractivity contribution >= 4 is 35.1 Å². The topological polar surface area (TPSA) is 100 Å². The zero-order valence-corrected chi connectivity index (χ0v) is 18.5. The number of halogens is 2. The highest BCUT2D eigenvalue weighted by molar-refractivity contribution is 6.31. The number of nitrogens with zero attached hydrogens (tertiary/aromatic N) is 5. The van der Waals surface area contributed by atoms with E-state index in [1.165, 1.54) is 39.7 Å². The van der Waals surface area contributed by atoms with E-state index < -0.39 is 23.9 Å². The van der Waals surface area contributed by atoms with Gasteiger partial charge in [-0.1, -0.05) is 11.6 Å². The van der Waals surface area contributed by atoms with Gasteiger partial charge in [0, 0.05) is 45.4 Å². The third kappa shape index (κ3) is 4.00. The molecule has 0 aliphatic carbocycles. The van der Waals surface area contributed by atoms with Crippen molar-refractivity contribution in [2.24, 2.45) is 0 Å². The Labute approximate surface area is 188 Å². The lowest BCUT2D eigenvalue weighted by molar-refractivity contribution is -0.174. The largest absolute Gasteiger partial charge is 0.346 e. The average molecular weight is 465 g/mol. The number of amides is 4. The molecule has 1 aromatic carbocycles. The molecule has 2 aliphatic heterocycles. The van der Waals surface area contributed by atoms with Crippen molar-refractivity contribution in [3.8, 4) is 0 Å². The molecule has 2 aliphatic rings. The predicted molar refractivity (Wildman–Crippen MR) is 112 cm³/mol. The zero-order chi connectivity index (χ0) is 23.2. The third-order valence-corrected chi connectivity index (χ3v) is 5.68. The van der Waals surface area contributed by atoms with Gasteiger partial charge in [0.05, 0.1) is 23.8 Å². The molecule has 3 heterocycles. The van der Waals surface area contributed by atoms with Crippen LogP contribution in [0.5, 0.6) is 0 Å². The van der Waals surface area contributed by atoms with Gasteiger partial charge in [0.1, 0.15) is 11.5 Å². The lowest BCUT2D eigenvalue weighted by atomic mass is 10.1. The normalized spacial score (nSPS) is 18.0. The van der Waals surface area contributed by atoms with Crippen LogP contribution in [0.25, 0.3) is 0 Å². The molecule has 0 saturated heterocycles. The van der Waals surface area contributed by atoms with Crippen LogP contribution in [-0.2, 0) is 29.1 Å². The first-order valence-electron chi connectivity index (χ1n) is 9.91. The smallest absolute Gasteiger partial charge is 0.322 e. The number of likely N-dealkylation sites (N-methyl/N-ethyl adjacent to an activating group) is 1. The Morgan fingerprint density at radius 2 is 2.09 bits per heavy atom. The van der Waals surface area contributed by atoms with Crippen LogP contribution in [0.1, 0.15) is 21.7 Å². The van der Waals surface area contributed by atoms with E-state index in [1.54, 1.807) is 14.1 Å². The summed E-state index contributed by atoms with van der Waals surface area (Å²) in [5.41, 5.74) is 1.96. The monoisotopic (exact) mass is 464 g/mol. The van der Waals surface area contributed by atoms with Crippen LogP contribution < -0.4 is 5.32 Å². The molecule has 12 heteroatoms. The van der Waals surface area contributed by atoms with Crippen LogP contribution in [-0.4, -0.2) is 76.3 Å². The first-order valence-corrected chi connectivity index (χ1v) is 10.3. The Bertz CT molecular complexity index is 1100. The fraction of sp³-hybridized carbons (Fsp3) is 0.400. The molecule has 170 valence electrons. The first-order chi connectivity index (χ1) is 15.2. The van der Waals surface area contributed by atoms with Gasteiger partial charge >= 0.3 is 6.03 Å². The van der Waals surface area contributed by atoms with E-state index in [0.717, 1.165) is 5.06 Å². The van der Waals surface area contributed by atoms with Crippen LogP contribution in [0.3, 0.4) is 0 Å². The van der Waals surface area contributed by atoms with Gasteiger partial charge in [0.2, 0.25) is 0 Å². The number of carbonyl (C=O) groups excluding carboxylic acids is 3. The molecule has 32 heavy (non-hydrogen) atoms. The highest BCUT2D eigenvalue weighted by Gasteiger charge is 2.37. The summed E-state index contributed by atoms with van der Waals surface area (Å²) >= 11 is 5.78. The Balaban J connectivity index is 1.58. The minimum Gasteiger partial charge on any atom is -0.346 e. The second kappa shape index (κ2) is 8.40. The summed E-state index contributed by atoms with van der Waals surface area (Å²) in [5.74, 6) is -1.31. The van der Waals surface area contributed by atoms with E-state index in [-0.39, 0.29) is 24.0 Å². The maximum absolute atomic E-state index is 13.4. The van der Waals surface area contributed by atoms with Gasteiger partial charge in [0.25, 0.3) is 11.8 Å². The van der Waals surface area contributed by atoms with Gasteiger partial charge in [-0.25, -0.2) is 14.2 Å². The summed E-state index contributed by atoms with van der Waals surface area (Å²) in [6, 6.07) is 3.50. The number of benzene rings is 1. The van der Waals surface area contributed by atoms with E-state index in [4.69, 9.17) is 16.4 Å². The number of anilines is 1. The number of fused-ring (bicyclic) bond motifs is 3. The van der Waals surface area contributed by atoms with Gasteiger partial charge < -0.3 is 15.1 Å². The van der Waals surface area contributed by atoms with Crippen molar-refractivity contribution < 1.29 is 23.6 Å². The molecule has 10 nitrogen and oxygen atoms in total. The molecular formula is C20H22ClFN6O4. The molecule has 4 rings (SSSR count). The molecule has 1 N–H and O–H groups in total. The van der Waals surface area contributed by atoms with Crippen molar-refractivity contribution in [1.82, 2.24) is 24.6 Å². The van der Waals surface area contributed by atoms with E-state index in [1.807, 2.05) is 0 Å². The Morgan fingerprint density at radius 3 is 2.78 bits per heavy atom. The summed E-state index contributed by atoms with van der Waals surface area (Å²) in [4.78, 5) is 46.7. The summed E-state index contributed by atoms with van der Waals surface area (Å²) in [7, 11) is 4.66. The molecular weight excluding hydrogens is 443 g/mol. The third-order valence-electron chi connectivity index (χ3n) is 5.39. The minimum atomic E-state index is -0.899. The molecule has 1 unspecified atom stereocenters. The second-order valence-corrected chi connectivity index (χ2v) is 8.22. The van der Waals surface area contributed by atoms with Crippen LogP contribution in [0, 0.1) is 5.82 Å². The van der Waals surface area contributed by atoms with E-state index in [2.05, 4.69) is 10.4 Å². The molecule has 1 aromatic heterocycles. The Morgan fingerprint density at radius 1 is 1.34 bits per heavy atom. The molecule has 0 radical (unpaired) electrons. The zero-order valence-electron chi connectivity index (χ0n) is 17.8. The second-order valence-electron chi connectivity index (χ2n) is 7.82. The Kier molecular flexibility index (Phi) is 5.78. The van der Waals surface area contributed by atoms with Gasteiger partial charge in [-0.2, -0.15) is 5.10 Å². The number of carbonyl (C=O) groups is 3. The molecule has 4 amide bonds. The number of hydrogen-bond acceptors (Lipinski definition) is 5.